The van der Waals surface area contributed by atoms with Gasteiger partial charge in [-0.05, 0) is 44.9 Å². The Morgan fingerprint density at radius 1 is 0.460 bits per heavy atom. The van der Waals surface area contributed by atoms with Crippen molar-refractivity contribution in [3.63, 3.8) is 0 Å². The van der Waals surface area contributed by atoms with Gasteiger partial charge in [-0.25, -0.2) is 4.79 Å². The molecule has 1 atom stereocenters. The number of Topliss-reactive ketones (excluding diaryl/α,β-unsaturated/α-hetero) is 3. The van der Waals surface area contributed by atoms with Crippen molar-refractivity contribution in [2.24, 2.45) is 0 Å². The molecule has 63 heavy (non-hydrogen) atoms. The summed E-state index contributed by atoms with van der Waals surface area (Å²) in [5.41, 5.74) is 0. The van der Waals surface area contributed by atoms with Crippen LogP contribution in [0.3, 0.4) is 0 Å². The molecule has 0 heterocycles. The van der Waals surface area contributed by atoms with E-state index in [1.807, 2.05) is 13.8 Å². The summed E-state index contributed by atoms with van der Waals surface area (Å²) in [6.45, 7) is 6.67. The molecule has 0 radical (unpaired) electrons. The second-order valence-corrected chi connectivity index (χ2v) is 16.2. The minimum absolute atomic E-state index is 0.00384. The molecule has 15 heteroatoms. The number of rotatable bonds is 47. The van der Waals surface area contributed by atoms with Gasteiger partial charge in [0.1, 0.15) is 30.8 Å². The van der Waals surface area contributed by atoms with Crippen LogP contribution in [0.1, 0.15) is 200 Å². The van der Waals surface area contributed by atoms with Gasteiger partial charge in [-0.2, -0.15) is 0 Å². The SMILES string of the molecule is CCCOCC(=O)NCCOCCOCC(=O)CCCCCC(=O)CC.COCCCC(=O)CC[C@H](NC(=O)CCCCCCCCCCCCCCCCCCC(=O)O)C(=O)O. The van der Waals surface area contributed by atoms with E-state index in [-0.39, 0.29) is 55.2 Å². The fraction of sp³-hybridized carbons (Fsp3) is 0.854. The fourth-order valence-electron chi connectivity index (χ4n) is 6.50. The molecule has 0 rings (SSSR count). The van der Waals surface area contributed by atoms with Crippen molar-refractivity contribution >= 4 is 41.1 Å². The first kappa shape index (κ1) is 61.8. The predicted octanol–water partition coefficient (Wildman–Crippen LogP) is 8.50. The van der Waals surface area contributed by atoms with E-state index in [0.717, 1.165) is 64.2 Å². The topological polar surface area (TPSA) is 221 Å². The minimum Gasteiger partial charge on any atom is -0.481 e. The van der Waals surface area contributed by atoms with Crippen LogP contribution in [0, 0.1) is 0 Å². The molecule has 4 N–H and O–H groups in total. The maximum atomic E-state index is 12.1. The van der Waals surface area contributed by atoms with E-state index in [1.54, 1.807) is 7.11 Å². The lowest BCUT2D eigenvalue weighted by Crippen LogP contribution is -2.41. The smallest absolute Gasteiger partial charge is 0.326 e. The predicted molar refractivity (Wildman–Crippen MR) is 245 cm³/mol. The number of unbranched alkanes of at least 4 members (excludes halogenated alkanes) is 17. The molecule has 0 bridgehead atoms. The number of carbonyl (C=O) groups excluding carboxylic acids is 5. The molecule has 0 aliphatic rings. The standard InChI is InChI=1S/C29H53NO7.C19H35NO6/c1-37-24-18-19-25(31)22-23-26(29(35)36)30-27(32)20-16-14-12-10-8-6-4-2-3-5-7-9-11-13-15-17-21-28(33)34;1-3-11-25-16-19(23)20-10-12-24-13-14-26-15-18(22)9-7-5-6-8-17(21)4-2/h26H,2-24H2,1H3,(H,30,32)(H,33,34)(H,35,36);3-16H2,1-2H3,(H,20,23)/t26-;/m0./s1. The zero-order valence-electron chi connectivity index (χ0n) is 39.6. The van der Waals surface area contributed by atoms with Crippen LogP contribution in [0.5, 0.6) is 0 Å². The second-order valence-electron chi connectivity index (χ2n) is 16.2. The number of carboxylic acids is 2. The number of hydrogen-bond donors (Lipinski definition) is 4. The highest BCUT2D eigenvalue weighted by Gasteiger charge is 2.20. The van der Waals surface area contributed by atoms with Crippen LogP contribution in [-0.2, 0) is 52.5 Å². The van der Waals surface area contributed by atoms with Crippen molar-refractivity contribution in [1.29, 1.82) is 0 Å². The number of ether oxygens (including phenoxy) is 4. The van der Waals surface area contributed by atoms with E-state index >= 15 is 0 Å². The third-order valence-electron chi connectivity index (χ3n) is 10.3. The fourth-order valence-corrected chi connectivity index (χ4v) is 6.50. The molecule has 0 spiro atoms. The van der Waals surface area contributed by atoms with Crippen molar-refractivity contribution in [1.82, 2.24) is 10.6 Å². The molecule has 0 aliphatic heterocycles. The molecule has 0 saturated carbocycles. The van der Waals surface area contributed by atoms with Crippen LogP contribution in [0.25, 0.3) is 0 Å². The summed E-state index contributed by atoms with van der Waals surface area (Å²) in [6.07, 6.45) is 25.5. The van der Waals surface area contributed by atoms with Crippen LogP contribution in [0.15, 0.2) is 0 Å². The van der Waals surface area contributed by atoms with Gasteiger partial charge in [0.2, 0.25) is 11.8 Å². The zero-order valence-corrected chi connectivity index (χ0v) is 39.6. The average Bonchev–Trinajstić information content (AvgIpc) is 3.25. The van der Waals surface area contributed by atoms with Crippen molar-refractivity contribution < 1.29 is 62.7 Å². The second kappa shape index (κ2) is 48.2. The Bertz CT molecular complexity index is 1170. The highest BCUT2D eigenvalue weighted by molar-refractivity contribution is 5.84. The first-order chi connectivity index (χ1) is 30.5. The van der Waals surface area contributed by atoms with Crippen LogP contribution >= 0.6 is 0 Å². The molecule has 368 valence electrons. The molecule has 0 aromatic heterocycles. The molecule has 0 fully saturated rings. The van der Waals surface area contributed by atoms with Gasteiger partial charge in [-0.3, -0.25) is 28.8 Å². The Morgan fingerprint density at radius 3 is 1.46 bits per heavy atom. The number of carboxylic acid groups (broad SMARTS) is 2. The van der Waals surface area contributed by atoms with Crippen LogP contribution < -0.4 is 10.6 Å². The van der Waals surface area contributed by atoms with Crippen molar-refractivity contribution in [3.05, 3.63) is 0 Å². The van der Waals surface area contributed by atoms with Gasteiger partial charge < -0.3 is 39.8 Å². The molecule has 15 nitrogen and oxygen atoms in total. The van der Waals surface area contributed by atoms with Crippen molar-refractivity contribution in [2.45, 2.75) is 206 Å². The van der Waals surface area contributed by atoms with Crippen LogP contribution in [-0.4, -0.2) is 117 Å². The van der Waals surface area contributed by atoms with Gasteiger partial charge in [0, 0.05) is 71.8 Å². The third kappa shape index (κ3) is 49.6. The Morgan fingerprint density at radius 2 is 0.937 bits per heavy atom. The Kier molecular flexibility index (Phi) is 47.3. The van der Waals surface area contributed by atoms with E-state index in [4.69, 9.17) is 24.1 Å². The normalized spacial score (nSPS) is 11.3. The summed E-state index contributed by atoms with van der Waals surface area (Å²) < 4.78 is 20.6. The van der Waals surface area contributed by atoms with Gasteiger partial charge in [-0.15, -0.1) is 0 Å². The highest BCUT2D eigenvalue weighted by atomic mass is 16.5. The van der Waals surface area contributed by atoms with E-state index in [9.17, 15) is 38.7 Å². The summed E-state index contributed by atoms with van der Waals surface area (Å²) in [5, 5.41) is 23.2. The molecule has 0 aromatic rings. The minimum atomic E-state index is -1.09. The van der Waals surface area contributed by atoms with E-state index < -0.39 is 18.0 Å². The Balaban J connectivity index is 0. The molecular formula is C48H88N2O13. The molecule has 2 amide bonds. The number of aliphatic carboxylic acids is 2. The third-order valence-corrected chi connectivity index (χ3v) is 10.3. The van der Waals surface area contributed by atoms with Gasteiger partial charge in [0.15, 0.2) is 5.78 Å². The lowest BCUT2D eigenvalue weighted by atomic mass is 10.0. The average molecular weight is 901 g/mol. The van der Waals surface area contributed by atoms with E-state index in [1.165, 1.54) is 64.2 Å². The molecule has 0 unspecified atom stereocenters. The quantitative estimate of drug-likeness (QED) is 0.0422. The maximum absolute atomic E-state index is 12.1. The molecule has 0 aliphatic carbocycles. The van der Waals surface area contributed by atoms with Gasteiger partial charge in [-0.1, -0.05) is 110 Å². The number of nitrogens with one attached hydrogen (secondary N) is 2. The van der Waals surface area contributed by atoms with E-state index in [0.29, 0.717) is 84.5 Å². The summed E-state index contributed by atoms with van der Waals surface area (Å²) in [5.74, 6) is -1.83. The lowest BCUT2D eigenvalue weighted by molar-refractivity contribution is -0.142. The Hall–Kier alpha value is -3.27. The lowest BCUT2D eigenvalue weighted by Gasteiger charge is -2.14. The van der Waals surface area contributed by atoms with Gasteiger partial charge in [0.05, 0.1) is 19.8 Å². The van der Waals surface area contributed by atoms with Crippen molar-refractivity contribution in [3.8, 4) is 0 Å². The summed E-state index contributed by atoms with van der Waals surface area (Å²) in [6, 6.07) is -1.01. The number of methoxy groups -OCH3 is 1. The number of amides is 2. The zero-order chi connectivity index (χ0) is 47.0. The summed E-state index contributed by atoms with van der Waals surface area (Å²) >= 11 is 0. The molecular weight excluding hydrogens is 813 g/mol. The Labute approximate surface area is 379 Å². The first-order valence-electron chi connectivity index (χ1n) is 24.2. The van der Waals surface area contributed by atoms with Crippen LogP contribution in [0.4, 0.5) is 0 Å². The number of ketones is 3. The summed E-state index contributed by atoms with van der Waals surface area (Å²) in [7, 11) is 1.57. The molecule has 0 saturated heterocycles. The highest BCUT2D eigenvalue weighted by Crippen LogP contribution is 2.15. The number of hydrogen-bond acceptors (Lipinski definition) is 11. The van der Waals surface area contributed by atoms with Crippen molar-refractivity contribution in [2.75, 3.05) is 59.9 Å². The molecule has 0 aromatic carbocycles. The van der Waals surface area contributed by atoms with Gasteiger partial charge in [0.25, 0.3) is 0 Å². The summed E-state index contributed by atoms with van der Waals surface area (Å²) in [4.78, 5) is 79.9. The number of carbonyl (C=O) groups is 7. The van der Waals surface area contributed by atoms with Gasteiger partial charge >= 0.3 is 11.9 Å². The maximum Gasteiger partial charge on any atom is 0.326 e. The van der Waals surface area contributed by atoms with Crippen LogP contribution in [0.2, 0.25) is 0 Å². The monoisotopic (exact) mass is 901 g/mol. The largest absolute Gasteiger partial charge is 0.481 e. The van der Waals surface area contributed by atoms with E-state index in [2.05, 4.69) is 10.6 Å². The first-order valence-corrected chi connectivity index (χ1v) is 24.2.